The molecule has 0 saturated carbocycles. The molecular weight excluding hydrogens is 516 g/mol. The molecular formula is C43H48. The standard InChI is InChI=1S/C43H48/c1-43(2,39-17-8-6-4-3-5-7-9-18-39)40-29-37-16-12-13-19-41(37)42(30-40)38-25-24-35-27-34(22-23-36(35)28-38)33-21-20-31-14-10-11-15-32(31)26-33/h3-4,8,10,12,14,16-18,20-21,26-30,37,41H,5-7,9,11,13,15,19,22-25H2,1-2H3/b4-3-,17-8?,39-18+. The summed E-state index contributed by atoms with van der Waals surface area (Å²) in [4.78, 5) is 0. The Morgan fingerprint density at radius 1 is 0.698 bits per heavy atom. The van der Waals surface area contributed by atoms with Crippen LogP contribution in [0.2, 0.25) is 0 Å². The zero-order chi connectivity index (χ0) is 29.2. The van der Waals surface area contributed by atoms with Crippen molar-refractivity contribution in [2.75, 3.05) is 0 Å². The van der Waals surface area contributed by atoms with Crippen LogP contribution in [0.4, 0.5) is 0 Å². The van der Waals surface area contributed by atoms with Crippen LogP contribution < -0.4 is 0 Å². The number of rotatable bonds is 4. The maximum Gasteiger partial charge on any atom is 0.0140 e. The molecule has 7 rings (SSSR count). The smallest absolute Gasteiger partial charge is 0.0140 e. The van der Waals surface area contributed by atoms with Gasteiger partial charge in [-0.15, -0.1) is 0 Å². The van der Waals surface area contributed by atoms with E-state index in [0.29, 0.717) is 11.8 Å². The highest BCUT2D eigenvalue weighted by Crippen LogP contribution is 2.49. The van der Waals surface area contributed by atoms with E-state index in [-0.39, 0.29) is 5.41 Å². The van der Waals surface area contributed by atoms with E-state index in [4.69, 9.17) is 0 Å². The summed E-state index contributed by atoms with van der Waals surface area (Å²) >= 11 is 0. The second-order valence-corrected chi connectivity index (χ2v) is 14.0. The molecule has 0 aromatic heterocycles. The van der Waals surface area contributed by atoms with Gasteiger partial charge in [0.25, 0.3) is 0 Å². The third kappa shape index (κ3) is 5.91. The Hall–Kier alpha value is -3.38. The van der Waals surface area contributed by atoms with Crippen molar-refractivity contribution in [3.8, 4) is 0 Å². The third-order valence-corrected chi connectivity index (χ3v) is 10.9. The first-order chi connectivity index (χ1) is 21.1. The van der Waals surface area contributed by atoms with Gasteiger partial charge in [0.2, 0.25) is 0 Å². The highest BCUT2D eigenvalue weighted by Gasteiger charge is 2.35. The van der Waals surface area contributed by atoms with Crippen LogP contribution in [0.15, 0.2) is 125 Å². The van der Waals surface area contributed by atoms with Crippen molar-refractivity contribution in [3.63, 3.8) is 0 Å². The molecule has 1 aromatic carbocycles. The lowest BCUT2D eigenvalue weighted by atomic mass is 9.65. The minimum absolute atomic E-state index is 0.00623. The van der Waals surface area contributed by atoms with Gasteiger partial charge in [-0.1, -0.05) is 111 Å². The summed E-state index contributed by atoms with van der Waals surface area (Å²) in [5.74, 6) is 1.14. The first kappa shape index (κ1) is 28.4. The monoisotopic (exact) mass is 564 g/mol. The number of hydrogen-bond donors (Lipinski definition) is 0. The van der Waals surface area contributed by atoms with Gasteiger partial charge in [-0.25, -0.2) is 0 Å². The minimum atomic E-state index is -0.00623. The molecule has 0 radical (unpaired) electrons. The van der Waals surface area contributed by atoms with Gasteiger partial charge >= 0.3 is 0 Å². The number of hydrogen-bond acceptors (Lipinski definition) is 0. The number of benzene rings is 1. The molecule has 2 unspecified atom stereocenters. The van der Waals surface area contributed by atoms with E-state index in [9.17, 15) is 0 Å². The fourth-order valence-electron chi connectivity index (χ4n) is 8.16. The molecule has 0 heterocycles. The predicted octanol–water partition coefficient (Wildman–Crippen LogP) is 11.9. The Morgan fingerprint density at radius 3 is 2.47 bits per heavy atom. The fourth-order valence-corrected chi connectivity index (χ4v) is 8.16. The van der Waals surface area contributed by atoms with Crippen molar-refractivity contribution in [1.29, 1.82) is 0 Å². The van der Waals surface area contributed by atoms with Gasteiger partial charge < -0.3 is 0 Å². The van der Waals surface area contributed by atoms with E-state index in [1.165, 1.54) is 91.2 Å². The Kier molecular flexibility index (Phi) is 8.13. The largest absolute Gasteiger partial charge is 0.0882 e. The van der Waals surface area contributed by atoms with Crippen molar-refractivity contribution < 1.29 is 0 Å². The Labute approximate surface area is 260 Å². The summed E-state index contributed by atoms with van der Waals surface area (Å²) in [5.41, 5.74) is 15.3. The molecule has 0 bridgehead atoms. The quantitative estimate of drug-likeness (QED) is 0.319. The average Bonchev–Trinajstić information content (AvgIpc) is 3.05. The molecule has 0 spiro atoms. The molecule has 0 aliphatic heterocycles. The molecule has 0 nitrogen and oxygen atoms in total. The van der Waals surface area contributed by atoms with Crippen LogP contribution in [0.5, 0.6) is 0 Å². The molecule has 0 amide bonds. The number of fused-ring (bicyclic) bond motifs is 2. The first-order valence-electron chi connectivity index (χ1n) is 17.1. The van der Waals surface area contributed by atoms with E-state index in [2.05, 4.69) is 111 Å². The van der Waals surface area contributed by atoms with Gasteiger partial charge in [-0.3, -0.25) is 0 Å². The minimum Gasteiger partial charge on any atom is -0.0882 e. The lowest BCUT2D eigenvalue weighted by Crippen LogP contribution is -2.26. The molecule has 0 heteroatoms. The summed E-state index contributed by atoms with van der Waals surface area (Å²) in [7, 11) is 0. The van der Waals surface area contributed by atoms with Crippen LogP contribution in [-0.2, 0) is 6.42 Å². The highest BCUT2D eigenvalue weighted by atomic mass is 14.4. The topological polar surface area (TPSA) is 0 Å². The zero-order valence-electron chi connectivity index (χ0n) is 26.4. The molecule has 0 saturated heterocycles. The molecule has 0 fully saturated rings. The summed E-state index contributed by atoms with van der Waals surface area (Å²) in [5, 5.41) is 0. The van der Waals surface area contributed by atoms with Crippen molar-refractivity contribution in [1.82, 2.24) is 0 Å². The number of aryl methyl sites for hydroxylation is 1. The van der Waals surface area contributed by atoms with Crippen LogP contribution in [0.3, 0.4) is 0 Å². The van der Waals surface area contributed by atoms with Gasteiger partial charge in [0.1, 0.15) is 0 Å². The maximum atomic E-state index is 2.64. The Bertz CT molecular complexity index is 1580. The van der Waals surface area contributed by atoms with Crippen LogP contribution in [0.1, 0.15) is 101 Å². The van der Waals surface area contributed by atoms with Gasteiger partial charge in [-0.2, -0.15) is 0 Å². The van der Waals surface area contributed by atoms with Crippen molar-refractivity contribution in [2.24, 2.45) is 17.3 Å². The molecule has 6 aliphatic rings. The summed E-state index contributed by atoms with van der Waals surface area (Å²) < 4.78 is 0. The van der Waals surface area contributed by atoms with Gasteiger partial charge in [-0.05, 0) is 139 Å². The van der Waals surface area contributed by atoms with Crippen molar-refractivity contribution >= 4 is 11.6 Å². The van der Waals surface area contributed by atoms with Crippen LogP contribution in [0.25, 0.3) is 11.6 Å². The van der Waals surface area contributed by atoms with Gasteiger partial charge in [0, 0.05) is 11.3 Å². The zero-order valence-corrected chi connectivity index (χ0v) is 26.4. The molecule has 43 heavy (non-hydrogen) atoms. The van der Waals surface area contributed by atoms with E-state index in [1.807, 2.05) is 0 Å². The van der Waals surface area contributed by atoms with Crippen LogP contribution in [0, 0.1) is 17.3 Å². The van der Waals surface area contributed by atoms with Crippen LogP contribution >= 0.6 is 0 Å². The molecule has 1 aromatic rings. The van der Waals surface area contributed by atoms with Crippen LogP contribution in [-0.4, -0.2) is 0 Å². The Balaban J connectivity index is 1.20. The molecule has 6 aliphatic carbocycles. The Morgan fingerprint density at radius 2 is 1.56 bits per heavy atom. The summed E-state index contributed by atoms with van der Waals surface area (Å²) in [6, 6.07) is 7.17. The molecule has 220 valence electrons. The van der Waals surface area contributed by atoms with E-state index >= 15 is 0 Å². The van der Waals surface area contributed by atoms with E-state index in [0.717, 1.165) is 19.3 Å². The third-order valence-electron chi connectivity index (χ3n) is 10.9. The fraction of sp³-hybridized carbons (Fsp3) is 0.395. The van der Waals surface area contributed by atoms with Gasteiger partial charge in [0.15, 0.2) is 0 Å². The summed E-state index contributed by atoms with van der Waals surface area (Å²) in [6.45, 7) is 4.91. The predicted molar refractivity (Wildman–Crippen MR) is 185 cm³/mol. The maximum absolute atomic E-state index is 2.64. The van der Waals surface area contributed by atoms with Gasteiger partial charge in [0.05, 0.1) is 0 Å². The van der Waals surface area contributed by atoms with E-state index < -0.39 is 0 Å². The second kappa shape index (κ2) is 12.3. The summed E-state index contributed by atoms with van der Waals surface area (Å²) in [6.07, 6.45) is 46.0. The number of allylic oxidation sites excluding steroid dienone is 19. The lowest BCUT2D eigenvalue weighted by molar-refractivity contribution is 0.448. The normalized spacial score (nSPS) is 27.4. The SMILES string of the molecule is CC(C)(C1=CC2C=CCCC2C(C2=CC3=C(C=C(c4ccc5c(c4)CCC=C5)CC3)CC2)=C1)/C1=C/CCC/C=C\CC=C1. The lowest BCUT2D eigenvalue weighted by Gasteiger charge is -2.39. The first-order valence-corrected chi connectivity index (χ1v) is 17.1. The highest BCUT2D eigenvalue weighted by molar-refractivity contribution is 5.74. The molecule has 0 N–H and O–H groups in total. The van der Waals surface area contributed by atoms with Crippen molar-refractivity contribution in [2.45, 2.75) is 90.9 Å². The average molecular weight is 565 g/mol. The second-order valence-electron chi connectivity index (χ2n) is 14.0. The van der Waals surface area contributed by atoms with E-state index in [1.54, 1.807) is 22.3 Å². The van der Waals surface area contributed by atoms with Crippen molar-refractivity contribution in [3.05, 3.63) is 141 Å². The molecule has 2 atom stereocenters.